The Bertz CT molecular complexity index is 466. The Labute approximate surface area is 127 Å². The van der Waals surface area contributed by atoms with Gasteiger partial charge in [0.1, 0.15) is 5.75 Å². The topological polar surface area (TPSA) is 41.6 Å². The van der Waals surface area contributed by atoms with Crippen molar-refractivity contribution in [3.05, 3.63) is 29.8 Å². The largest absolute Gasteiger partial charge is 0.494 e. The van der Waals surface area contributed by atoms with Gasteiger partial charge in [-0.2, -0.15) is 0 Å². The maximum absolute atomic E-state index is 12.4. The van der Waals surface area contributed by atoms with Gasteiger partial charge in [0.2, 0.25) is 5.91 Å². The number of hydrogen-bond acceptors (Lipinski definition) is 3. The van der Waals surface area contributed by atoms with E-state index in [9.17, 15) is 4.79 Å². The van der Waals surface area contributed by atoms with Crippen LogP contribution in [-0.2, 0) is 11.2 Å². The summed E-state index contributed by atoms with van der Waals surface area (Å²) in [5, 5.41) is 3.45. The molecular formula is C17H26N2O2. The third-order valence-electron chi connectivity index (χ3n) is 3.79. The third-order valence-corrected chi connectivity index (χ3v) is 3.79. The molecule has 1 heterocycles. The second-order valence-corrected chi connectivity index (χ2v) is 5.81. The average Bonchev–Trinajstić information content (AvgIpc) is 2.45. The summed E-state index contributed by atoms with van der Waals surface area (Å²) in [4.78, 5) is 14.4. The number of para-hydroxylation sites is 1. The Morgan fingerprint density at radius 2 is 1.95 bits per heavy atom. The summed E-state index contributed by atoms with van der Waals surface area (Å²) >= 11 is 0. The van der Waals surface area contributed by atoms with E-state index in [0.29, 0.717) is 25.1 Å². The van der Waals surface area contributed by atoms with Crippen molar-refractivity contribution in [3.63, 3.8) is 0 Å². The fourth-order valence-electron chi connectivity index (χ4n) is 2.94. The first-order valence-electron chi connectivity index (χ1n) is 7.84. The molecule has 1 aromatic carbocycles. The molecule has 1 amide bonds. The Hall–Kier alpha value is -1.55. The first kappa shape index (κ1) is 15.8. The van der Waals surface area contributed by atoms with Crippen molar-refractivity contribution in [1.82, 2.24) is 10.2 Å². The van der Waals surface area contributed by atoms with E-state index in [4.69, 9.17) is 4.74 Å². The molecule has 0 aromatic heterocycles. The maximum Gasteiger partial charge on any atom is 0.223 e. The van der Waals surface area contributed by atoms with Crippen LogP contribution < -0.4 is 10.1 Å². The maximum atomic E-state index is 12.4. The zero-order chi connectivity index (χ0) is 15.2. The van der Waals surface area contributed by atoms with Crippen molar-refractivity contribution in [2.24, 2.45) is 0 Å². The highest BCUT2D eigenvalue weighted by Crippen LogP contribution is 2.20. The van der Waals surface area contributed by atoms with Gasteiger partial charge in [-0.15, -0.1) is 0 Å². The predicted molar refractivity (Wildman–Crippen MR) is 84.6 cm³/mol. The fraction of sp³-hybridized carbons (Fsp3) is 0.588. The number of benzene rings is 1. The van der Waals surface area contributed by atoms with E-state index in [1.807, 2.05) is 36.1 Å². The van der Waals surface area contributed by atoms with E-state index in [1.54, 1.807) is 0 Å². The van der Waals surface area contributed by atoms with Crippen molar-refractivity contribution >= 4 is 5.91 Å². The summed E-state index contributed by atoms with van der Waals surface area (Å²) < 4.78 is 5.61. The standard InChI is InChI=1S/C17H26N2O2/c1-4-21-16-8-6-5-7-15(16)9-10-17(20)19-11-13(2)18-14(3)12-19/h5-8,13-14,18H,4,9-12H2,1-3H3/t13-,14+. The lowest BCUT2D eigenvalue weighted by molar-refractivity contribution is -0.132. The quantitative estimate of drug-likeness (QED) is 0.904. The van der Waals surface area contributed by atoms with Crippen molar-refractivity contribution < 1.29 is 9.53 Å². The molecule has 0 bridgehead atoms. The molecule has 116 valence electrons. The van der Waals surface area contributed by atoms with Crippen LogP contribution in [0.4, 0.5) is 0 Å². The van der Waals surface area contributed by atoms with Crippen molar-refractivity contribution in [3.8, 4) is 5.75 Å². The lowest BCUT2D eigenvalue weighted by Gasteiger charge is -2.36. The zero-order valence-corrected chi connectivity index (χ0v) is 13.3. The van der Waals surface area contributed by atoms with E-state index in [0.717, 1.165) is 30.8 Å². The Morgan fingerprint density at radius 3 is 2.62 bits per heavy atom. The smallest absolute Gasteiger partial charge is 0.223 e. The molecule has 1 aromatic rings. The minimum absolute atomic E-state index is 0.238. The molecule has 1 saturated heterocycles. The van der Waals surface area contributed by atoms with Crippen LogP contribution in [0.15, 0.2) is 24.3 Å². The molecule has 0 radical (unpaired) electrons. The van der Waals surface area contributed by atoms with E-state index in [1.165, 1.54) is 0 Å². The van der Waals surface area contributed by atoms with Gasteiger partial charge in [0.25, 0.3) is 0 Å². The SMILES string of the molecule is CCOc1ccccc1CCC(=O)N1C[C@@H](C)N[C@@H](C)C1. The molecule has 21 heavy (non-hydrogen) atoms. The van der Waals surface area contributed by atoms with E-state index in [-0.39, 0.29) is 5.91 Å². The molecular weight excluding hydrogens is 264 g/mol. The number of nitrogens with one attached hydrogen (secondary N) is 1. The number of carbonyl (C=O) groups is 1. The summed E-state index contributed by atoms with van der Waals surface area (Å²) in [5.41, 5.74) is 1.11. The van der Waals surface area contributed by atoms with Crippen LogP contribution in [-0.4, -0.2) is 42.6 Å². The summed E-state index contributed by atoms with van der Waals surface area (Å²) in [6, 6.07) is 8.72. The Morgan fingerprint density at radius 1 is 1.29 bits per heavy atom. The van der Waals surface area contributed by atoms with Gasteiger partial charge in [-0.3, -0.25) is 4.79 Å². The van der Waals surface area contributed by atoms with Gasteiger partial charge in [0, 0.05) is 31.6 Å². The fourth-order valence-corrected chi connectivity index (χ4v) is 2.94. The number of rotatable bonds is 5. The van der Waals surface area contributed by atoms with Crippen molar-refractivity contribution in [2.75, 3.05) is 19.7 Å². The summed E-state index contributed by atoms with van der Waals surface area (Å²) in [7, 11) is 0. The molecule has 2 atom stereocenters. The average molecular weight is 290 g/mol. The third kappa shape index (κ3) is 4.46. The molecule has 4 nitrogen and oxygen atoms in total. The summed E-state index contributed by atoms with van der Waals surface area (Å²) in [6.07, 6.45) is 1.28. The molecule has 0 saturated carbocycles. The van der Waals surface area contributed by atoms with Gasteiger partial charge < -0.3 is 15.0 Å². The molecule has 0 spiro atoms. The molecule has 1 aliphatic heterocycles. The number of carbonyl (C=O) groups excluding carboxylic acids is 1. The Balaban J connectivity index is 1.92. The van der Waals surface area contributed by atoms with Gasteiger partial charge >= 0.3 is 0 Å². The minimum atomic E-state index is 0.238. The molecule has 2 rings (SSSR count). The van der Waals surface area contributed by atoms with Crippen molar-refractivity contribution in [1.29, 1.82) is 0 Å². The number of piperazine rings is 1. The van der Waals surface area contributed by atoms with Gasteiger partial charge in [0.05, 0.1) is 6.61 Å². The van der Waals surface area contributed by atoms with Crippen LogP contribution >= 0.6 is 0 Å². The first-order valence-corrected chi connectivity index (χ1v) is 7.84. The lowest BCUT2D eigenvalue weighted by Crippen LogP contribution is -2.55. The molecule has 0 unspecified atom stereocenters. The first-order chi connectivity index (χ1) is 10.1. The van der Waals surface area contributed by atoms with Gasteiger partial charge in [-0.1, -0.05) is 18.2 Å². The minimum Gasteiger partial charge on any atom is -0.494 e. The summed E-state index contributed by atoms with van der Waals surface area (Å²) in [6.45, 7) is 8.48. The number of hydrogen-bond donors (Lipinski definition) is 1. The van der Waals surface area contributed by atoms with E-state index in [2.05, 4.69) is 19.2 Å². The van der Waals surface area contributed by atoms with Crippen LogP contribution in [0.25, 0.3) is 0 Å². The zero-order valence-electron chi connectivity index (χ0n) is 13.3. The summed E-state index contributed by atoms with van der Waals surface area (Å²) in [5.74, 6) is 1.14. The predicted octanol–water partition coefficient (Wildman–Crippen LogP) is 2.23. The monoisotopic (exact) mass is 290 g/mol. The van der Waals surface area contributed by atoms with E-state index >= 15 is 0 Å². The molecule has 1 aliphatic rings. The van der Waals surface area contributed by atoms with Gasteiger partial charge in [-0.25, -0.2) is 0 Å². The second-order valence-electron chi connectivity index (χ2n) is 5.81. The molecule has 1 fully saturated rings. The van der Waals surface area contributed by atoms with Gasteiger partial charge in [-0.05, 0) is 38.8 Å². The number of aryl methyl sites for hydroxylation is 1. The van der Waals surface area contributed by atoms with Gasteiger partial charge in [0.15, 0.2) is 0 Å². The number of ether oxygens (including phenoxy) is 1. The highest BCUT2D eigenvalue weighted by Gasteiger charge is 2.24. The Kier molecular flexibility index (Phi) is 5.62. The lowest BCUT2D eigenvalue weighted by atomic mass is 10.1. The number of nitrogens with zero attached hydrogens (tertiary/aromatic N) is 1. The highest BCUT2D eigenvalue weighted by atomic mass is 16.5. The molecule has 1 N–H and O–H groups in total. The van der Waals surface area contributed by atoms with Crippen LogP contribution in [0.1, 0.15) is 32.8 Å². The normalized spacial score (nSPS) is 22.1. The van der Waals surface area contributed by atoms with Crippen LogP contribution in [0.2, 0.25) is 0 Å². The highest BCUT2D eigenvalue weighted by molar-refractivity contribution is 5.76. The molecule has 4 heteroatoms. The van der Waals surface area contributed by atoms with E-state index < -0.39 is 0 Å². The molecule has 0 aliphatic carbocycles. The van der Waals surface area contributed by atoms with Crippen molar-refractivity contribution in [2.45, 2.75) is 45.7 Å². The van der Waals surface area contributed by atoms with Crippen LogP contribution in [0.3, 0.4) is 0 Å². The van der Waals surface area contributed by atoms with Crippen LogP contribution in [0.5, 0.6) is 5.75 Å². The second kappa shape index (κ2) is 7.46. The van der Waals surface area contributed by atoms with Crippen LogP contribution in [0, 0.1) is 0 Å². The number of amides is 1.